The predicted molar refractivity (Wildman–Crippen MR) is 89.2 cm³/mol. The molecule has 104 valence electrons. The SMILES string of the molecule is [CH2]=[Al][CH]1C(C#N)=C(S)NC(C)=C1C(=O)Nc1ccccc1. The van der Waals surface area contributed by atoms with Crippen LogP contribution in [0, 0.1) is 11.3 Å². The molecule has 0 fully saturated rings. The molecule has 0 saturated carbocycles. The molecule has 2 N–H and O–H groups in total. The predicted octanol–water partition coefficient (Wildman–Crippen LogP) is 2.09. The van der Waals surface area contributed by atoms with Crippen molar-refractivity contribution in [3.05, 3.63) is 52.2 Å². The van der Waals surface area contributed by atoms with Crippen molar-refractivity contribution in [1.82, 2.24) is 5.32 Å². The first-order valence-electron chi connectivity index (χ1n) is 6.38. The fourth-order valence-electron chi connectivity index (χ4n) is 2.23. The van der Waals surface area contributed by atoms with Crippen LogP contribution in [0.5, 0.6) is 0 Å². The number of carbonyl (C=O) groups excluding carboxylic acids is 1. The number of carbonyl (C=O) groups is 1. The van der Waals surface area contributed by atoms with E-state index in [2.05, 4.69) is 34.7 Å². The van der Waals surface area contributed by atoms with Crippen LogP contribution in [0.3, 0.4) is 0 Å². The van der Waals surface area contributed by atoms with Crippen LogP contribution in [-0.2, 0) is 4.79 Å². The van der Waals surface area contributed by atoms with Gasteiger partial charge >= 0.3 is 135 Å². The first kappa shape index (κ1) is 15.6. The quantitative estimate of drug-likeness (QED) is 0.591. The Morgan fingerprint density at radius 2 is 2.14 bits per heavy atom. The zero-order valence-corrected chi connectivity index (χ0v) is 13.6. The first-order valence-corrected chi connectivity index (χ1v) is 8.31. The van der Waals surface area contributed by atoms with Gasteiger partial charge in [-0.05, 0) is 0 Å². The van der Waals surface area contributed by atoms with E-state index >= 15 is 0 Å². The summed E-state index contributed by atoms with van der Waals surface area (Å²) in [6.45, 7) is 1.81. The molecule has 1 amide bonds. The number of para-hydroxylation sites is 1. The van der Waals surface area contributed by atoms with E-state index in [1.807, 2.05) is 37.3 Å². The second-order valence-electron chi connectivity index (χ2n) is 4.57. The second-order valence-corrected chi connectivity index (χ2v) is 6.16. The summed E-state index contributed by atoms with van der Waals surface area (Å²) in [6.07, 6.45) is 0. The Labute approximate surface area is 135 Å². The number of thiol groups is 1. The normalized spacial score (nSPS) is 17.7. The van der Waals surface area contributed by atoms with Gasteiger partial charge in [-0.2, -0.15) is 0 Å². The molecule has 1 aromatic rings. The molecule has 4 nitrogen and oxygen atoms in total. The van der Waals surface area contributed by atoms with Gasteiger partial charge in [0.1, 0.15) is 0 Å². The maximum absolute atomic E-state index is 12.5. The molecule has 0 aliphatic carbocycles. The molecule has 1 aliphatic rings. The van der Waals surface area contributed by atoms with E-state index in [0.29, 0.717) is 21.9 Å². The molecule has 21 heavy (non-hydrogen) atoms. The van der Waals surface area contributed by atoms with Crippen LogP contribution in [0.25, 0.3) is 0 Å². The molecular formula is C15H14AlN3OS. The van der Waals surface area contributed by atoms with Crippen molar-refractivity contribution in [1.29, 1.82) is 5.26 Å². The average molecular weight is 311 g/mol. The number of allylic oxidation sites excluding steroid dienone is 2. The molecule has 0 spiro atoms. The van der Waals surface area contributed by atoms with Crippen molar-refractivity contribution < 1.29 is 4.79 Å². The van der Waals surface area contributed by atoms with Crippen molar-refractivity contribution in [3.8, 4) is 6.07 Å². The van der Waals surface area contributed by atoms with Gasteiger partial charge in [-0.25, -0.2) is 0 Å². The maximum atomic E-state index is 12.5. The summed E-state index contributed by atoms with van der Waals surface area (Å²) in [7, 11) is 0. The number of nitrogens with zero attached hydrogens (tertiary/aromatic N) is 1. The number of anilines is 1. The van der Waals surface area contributed by atoms with Crippen molar-refractivity contribution >= 4 is 44.4 Å². The topological polar surface area (TPSA) is 64.9 Å². The van der Waals surface area contributed by atoms with Gasteiger partial charge in [0.05, 0.1) is 0 Å². The summed E-state index contributed by atoms with van der Waals surface area (Å²) in [6, 6.07) is 11.4. The molecule has 0 aromatic heterocycles. The fraction of sp³-hybridized carbons (Fsp3) is 0.133. The van der Waals surface area contributed by atoms with Crippen LogP contribution in [0.2, 0.25) is 4.78 Å². The third kappa shape index (κ3) is 3.28. The fourth-order valence-corrected chi connectivity index (χ4v) is 3.84. The number of hydrogen-bond acceptors (Lipinski definition) is 4. The van der Waals surface area contributed by atoms with E-state index in [4.69, 9.17) is 0 Å². The van der Waals surface area contributed by atoms with Gasteiger partial charge in [0.15, 0.2) is 0 Å². The van der Waals surface area contributed by atoms with Gasteiger partial charge < -0.3 is 0 Å². The minimum atomic E-state index is -0.355. The Hall–Kier alpha value is -1.79. The van der Waals surface area contributed by atoms with E-state index in [1.54, 1.807) is 0 Å². The third-order valence-electron chi connectivity index (χ3n) is 3.22. The molecule has 1 unspecified atom stereocenters. The van der Waals surface area contributed by atoms with Gasteiger partial charge in [0.2, 0.25) is 0 Å². The van der Waals surface area contributed by atoms with Crippen LogP contribution in [0.1, 0.15) is 6.92 Å². The first-order chi connectivity index (χ1) is 10.1. The monoisotopic (exact) mass is 311 g/mol. The summed E-state index contributed by atoms with van der Waals surface area (Å²) in [5, 5.41) is 19.6. The number of rotatable bonds is 3. The second kappa shape index (κ2) is 6.78. The van der Waals surface area contributed by atoms with Crippen LogP contribution in [0.4, 0.5) is 5.69 Å². The van der Waals surface area contributed by atoms with Crippen LogP contribution >= 0.6 is 12.6 Å². The van der Waals surface area contributed by atoms with E-state index in [9.17, 15) is 10.1 Å². The van der Waals surface area contributed by atoms with Crippen molar-refractivity contribution in [2.75, 3.05) is 5.32 Å². The molecule has 2 rings (SSSR count). The van der Waals surface area contributed by atoms with E-state index < -0.39 is 0 Å². The molecule has 0 bridgehead atoms. The summed E-state index contributed by atoms with van der Waals surface area (Å²) in [5.74, 6) is -0.207. The Morgan fingerprint density at radius 1 is 1.48 bits per heavy atom. The zero-order valence-electron chi connectivity index (χ0n) is 11.6. The Morgan fingerprint density at radius 3 is 2.71 bits per heavy atom. The Bertz CT molecular complexity index is 689. The molecule has 1 aromatic carbocycles. The summed E-state index contributed by atoms with van der Waals surface area (Å²) < 4.78 is -0.257. The van der Waals surface area contributed by atoms with Crippen LogP contribution in [-0.4, -0.2) is 26.1 Å². The number of benzene rings is 1. The van der Waals surface area contributed by atoms with Gasteiger partial charge in [0, 0.05) is 0 Å². The van der Waals surface area contributed by atoms with Gasteiger partial charge in [-0.3, -0.25) is 0 Å². The van der Waals surface area contributed by atoms with Gasteiger partial charge in [-0.15, -0.1) is 0 Å². The number of hydrogen-bond donors (Lipinski definition) is 3. The Balaban J connectivity index is 2.33. The van der Waals surface area contributed by atoms with E-state index in [0.717, 1.165) is 5.69 Å². The standard InChI is InChI=1S/C14H12N3OS.CH2.Al/c1-9-12(7-10(8-15)14(19)16-9)13(18)17-11-5-3-2-4-6-11;;/h2-7,16,19H,1H3,(H,17,18);1H2;. The minimum absolute atomic E-state index is 0.207. The molecule has 0 radical (unpaired) electrons. The van der Waals surface area contributed by atoms with Crippen molar-refractivity contribution in [3.63, 3.8) is 0 Å². The molecular weight excluding hydrogens is 297 g/mol. The molecule has 1 aliphatic heterocycles. The molecule has 1 heterocycles. The number of dihydropyridines is 1. The van der Waals surface area contributed by atoms with Crippen molar-refractivity contribution in [2.24, 2.45) is 0 Å². The van der Waals surface area contributed by atoms with E-state index in [-0.39, 0.29) is 25.5 Å². The summed E-state index contributed by atoms with van der Waals surface area (Å²) >= 11 is 3.93. The molecule has 6 heteroatoms. The van der Waals surface area contributed by atoms with Crippen LogP contribution < -0.4 is 10.6 Å². The Kier molecular flexibility index (Phi) is 5.04. The summed E-state index contributed by atoms with van der Waals surface area (Å²) in [5.41, 5.74) is 2.48. The van der Waals surface area contributed by atoms with Gasteiger partial charge in [0.25, 0.3) is 0 Å². The molecule has 1 atom stereocenters. The number of amides is 1. The number of nitrogens with one attached hydrogen (secondary N) is 2. The number of nitriles is 1. The van der Waals surface area contributed by atoms with Crippen molar-refractivity contribution in [2.45, 2.75) is 11.7 Å². The third-order valence-corrected chi connectivity index (χ3v) is 4.71. The summed E-state index contributed by atoms with van der Waals surface area (Å²) in [4.78, 5) is 12.5. The van der Waals surface area contributed by atoms with Gasteiger partial charge in [-0.1, -0.05) is 0 Å². The van der Waals surface area contributed by atoms with Crippen LogP contribution in [0.15, 0.2) is 52.2 Å². The molecule has 0 saturated heterocycles. The zero-order chi connectivity index (χ0) is 15.4. The average Bonchev–Trinajstić information content (AvgIpc) is 2.47. The van der Waals surface area contributed by atoms with E-state index in [1.165, 1.54) is 0 Å².